The number of anilines is 1. The van der Waals surface area contributed by atoms with Crippen LogP contribution in [0.3, 0.4) is 0 Å². The number of benzene rings is 1. The minimum atomic E-state index is -1.22. The maximum absolute atomic E-state index is 12.8. The highest BCUT2D eigenvalue weighted by Crippen LogP contribution is 2.24. The molecule has 0 spiro atoms. The molecule has 9 heteroatoms. The molecule has 8 nitrogen and oxygen atoms in total. The summed E-state index contributed by atoms with van der Waals surface area (Å²) < 4.78 is 29.0. The van der Waals surface area contributed by atoms with E-state index in [0.29, 0.717) is 35.1 Å². The monoisotopic (exact) mass is 365 g/mol. The Balaban J connectivity index is 1.53. The van der Waals surface area contributed by atoms with Crippen molar-refractivity contribution in [3.8, 4) is 5.75 Å². The van der Waals surface area contributed by atoms with Crippen LogP contribution in [-0.2, 0) is 4.74 Å². The number of nitrogens with one attached hydrogen (secondary N) is 2. The van der Waals surface area contributed by atoms with Gasteiger partial charge in [-0.05, 0) is 18.6 Å². The smallest absolute Gasteiger partial charge is 0.404 e. The molecule has 0 saturated carbocycles. The minimum Gasteiger partial charge on any atom is -0.489 e. The van der Waals surface area contributed by atoms with Gasteiger partial charge in [0.25, 0.3) is 6.01 Å². The Bertz CT molecular complexity index is 788. The van der Waals surface area contributed by atoms with E-state index in [0.717, 1.165) is 26.2 Å². The summed E-state index contributed by atoms with van der Waals surface area (Å²) in [6, 6.07) is 5.54. The van der Waals surface area contributed by atoms with Crippen molar-refractivity contribution in [1.82, 2.24) is 10.3 Å². The van der Waals surface area contributed by atoms with E-state index < -0.39 is 6.09 Å². The maximum atomic E-state index is 12.8. The molecule has 26 heavy (non-hydrogen) atoms. The Morgan fingerprint density at radius 2 is 2.31 bits per heavy atom. The van der Waals surface area contributed by atoms with Crippen molar-refractivity contribution < 1.29 is 28.2 Å². The fourth-order valence-corrected chi connectivity index (χ4v) is 2.39. The third-order valence-electron chi connectivity index (χ3n) is 3.94. The highest BCUT2D eigenvalue weighted by Gasteiger charge is 2.17. The second kappa shape index (κ2) is 8.52. The Labute approximate surface area is 149 Å². The first kappa shape index (κ1) is 18.0. The Hall–Kier alpha value is -2.81. The normalized spacial score (nSPS) is 14.9. The van der Waals surface area contributed by atoms with Crippen LogP contribution in [0.15, 0.2) is 34.5 Å². The quantitative estimate of drug-likeness (QED) is 0.627. The molecule has 2 aromatic rings. The molecular weight excluding hydrogens is 345 g/mol. The zero-order chi connectivity index (χ0) is 18.4. The topological polar surface area (TPSA) is 106 Å². The van der Waals surface area contributed by atoms with Crippen molar-refractivity contribution >= 4 is 23.2 Å². The standard InChI is InChI=1S/C17H20FN3O5/c18-6-12(7-20-17(22)23)10-25-13-1-2-14-15(5-13)26-16(21-14)19-4-3-11-8-24-9-11/h1-2,5-6,11,20H,3-4,7-10H2,(H,19,21)(H,22,23). The van der Waals surface area contributed by atoms with Gasteiger partial charge in [0.1, 0.15) is 17.9 Å². The van der Waals surface area contributed by atoms with Gasteiger partial charge in [0.2, 0.25) is 0 Å². The summed E-state index contributed by atoms with van der Waals surface area (Å²) in [5, 5.41) is 13.8. The van der Waals surface area contributed by atoms with E-state index >= 15 is 0 Å². The van der Waals surface area contributed by atoms with Crippen molar-refractivity contribution in [2.75, 3.05) is 38.2 Å². The lowest BCUT2D eigenvalue weighted by molar-refractivity contribution is -0.0338. The van der Waals surface area contributed by atoms with Gasteiger partial charge in [0.05, 0.1) is 19.5 Å². The van der Waals surface area contributed by atoms with Crippen molar-refractivity contribution in [2.45, 2.75) is 6.42 Å². The molecular formula is C17H20FN3O5. The average molecular weight is 365 g/mol. The molecule has 1 aliphatic rings. The van der Waals surface area contributed by atoms with Gasteiger partial charge in [-0.1, -0.05) is 0 Å². The van der Waals surface area contributed by atoms with E-state index in [-0.39, 0.29) is 18.7 Å². The van der Waals surface area contributed by atoms with Crippen LogP contribution in [0.5, 0.6) is 5.75 Å². The third-order valence-corrected chi connectivity index (χ3v) is 3.94. The van der Waals surface area contributed by atoms with Crippen LogP contribution >= 0.6 is 0 Å². The molecule has 1 saturated heterocycles. The molecule has 3 rings (SSSR count). The van der Waals surface area contributed by atoms with Gasteiger partial charge in [-0.3, -0.25) is 0 Å². The molecule has 1 aromatic heterocycles. The average Bonchev–Trinajstić information content (AvgIpc) is 2.99. The summed E-state index contributed by atoms with van der Waals surface area (Å²) in [5.74, 6) is 1.07. The van der Waals surface area contributed by atoms with Crippen LogP contribution in [0.1, 0.15) is 6.42 Å². The number of fused-ring (bicyclic) bond motifs is 1. The molecule has 0 atom stereocenters. The second-order valence-corrected chi connectivity index (χ2v) is 5.98. The summed E-state index contributed by atoms with van der Waals surface area (Å²) in [5.41, 5.74) is 1.40. The summed E-state index contributed by atoms with van der Waals surface area (Å²) >= 11 is 0. The first-order chi connectivity index (χ1) is 12.6. The second-order valence-electron chi connectivity index (χ2n) is 5.98. The molecule has 140 valence electrons. The predicted octanol–water partition coefficient (Wildman–Crippen LogP) is 2.78. The number of amides is 1. The number of aromatic nitrogens is 1. The number of carboxylic acid groups (broad SMARTS) is 1. The molecule has 1 amide bonds. The SMILES string of the molecule is O=C(O)NCC(=CF)COc1ccc2nc(NCCC3COC3)oc2c1. The van der Waals surface area contributed by atoms with Gasteiger partial charge in [-0.15, -0.1) is 0 Å². The van der Waals surface area contributed by atoms with Crippen LogP contribution in [0.25, 0.3) is 11.1 Å². The van der Waals surface area contributed by atoms with E-state index in [1.54, 1.807) is 18.2 Å². The lowest BCUT2D eigenvalue weighted by atomic mass is 10.0. The Kier molecular flexibility index (Phi) is 5.90. The van der Waals surface area contributed by atoms with Crippen LogP contribution < -0.4 is 15.4 Å². The van der Waals surface area contributed by atoms with E-state index in [2.05, 4.69) is 15.6 Å². The van der Waals surface area contributed by atoms with Gasteiger partial charge in [-0.2, -0.15) is 4.98 Å². The number of carbonyl (C=O) groups is 1. The van der Waals surface area contributed by atoms with Gasteiger partial charge in [-0.25, -0.2) is 9.18 Å². The highest BCUT2D eigenvalue weighted by atomic mass is 19.1. The first-order valence-electron chi connectivity index (χ1n) is 8.24. The summed E-state index contributed by atoms with van der Waals surface area (Å²) in [4.78, 5) is 14.8. The van der Waals surface area contributed by atoms with Gasteiger partial charge in [0.15, 0.2) is 5.58 Å². The lowest BCUT2D eigenvalue weighted by Gasteiger charge is -2.25. The molecule has 2 heterocycles. The van der Waals surface area contributed by atoms with Crippen LogP contribution in [-0.4, -0.2) is 49.1 Å². The number of hydrogen-bond acceptors (Lipinski definition) is 6. The fourth-order valence-electron chi connectivity index (χ4n) is 2.39. The van der Waals surface area contributed by atoms with E-state index in [9.17, 15) is 9.18 Å². The number of hydrogen-bond donors (Lipinski definition) is 3. The summed E-state index contributed by atoms with van der Waals surface area (Å²) in [6.07, 6.45) is 0.103. The minimum absolute atomic E-state index is 0.0784. The number of oxazole rings is 1. The molecule has 3 N–H and O–H groups in total. The molecule has 0 bridgehead atoms. The first-order valence-corrected chi connectivity index (χ1v) is 8.24. The Morgan fingerprint density at radius 1 is 1.46 bits per heavy atom. The van der Waals surface area contributed by atoms with E-state index in [4.69, 9.17) is 19.0 Å². The number of rotatable bonds is 9. The number of ether oxygens (including phenoxy) is 2. The summed E-state index contributed by atoms with van der Waals surface area (Å²) in [6.45, 7) is 2.16. The van der Waals surface area contributed by atoms with Crippen LogP contribution in [0.2, 0.25) is 0 Å². The molecule has 1 fully saturated rings. The molecule has 1 aromatic carbocycles. The van der Waals surface area contributed by atoms with Crippen molar-refractivity contribution in [3.63, 3.8) is 0 Å². The molecule has 1 aliphatic heterocycles. The van der Waals surface area contributed by atoms with Gasteiger partial charge in [0, 0.05) is 30.6 Å². The zero-order valence-electron chi connectivity index (χ0n) is 14.0. The van der Waals surface area contributed by atoms with Crippen LogP contribution in [0, 0.1) is 5.92 Å². The third kappa shape index (κ3) is 4.85. The predicted molar refractivity (Wildman–Crippen MR) is 92.1 cm³/mol. The van der Waals surface area contributed by atoms with E-state index in [1.807, 2.05) is 0 Å². The molecule has 0 unspecified atom stereocenters. The number of nitrogens with zero attached hydrogens (tertiary/aromatic N) is 1. The number of halogens is 1. The maximum Gasteiger partial charge on any atom is 0.404 e. The van der Waals surface area contributed by atoms with Crippen molar-refractivity contribution in [3.05, 3.63) is 30.1 Å². The largest absolute Gasteiger partial charge is 0.489 e. The molecule has 0 aliphatic carbocycles. The highest BCUT2D eigenvalue weighted by molar-refractivity contribution is 5.76. The van der Waals surface area contributed by atoms with Gasteiger partial charge >= 0.3 is 6.09 Å². The Morgan fingerprint density at radius 3 is 3.00 bits per heavy atom. The van der Waals surface area contributed by atoms with Crippen molar-refractivity contribution in [2.24, 2.45) is 5.92 Å². The lowest BCUT2D eigenvalue weighted by Crippen LogP contribution is -2.29. The van der Waals surface area contributed by atoms with Crippen LogP contribution in [0.4, 0.5) is 15.2 Å². The summed E-state index contributed by atoms with van der Waals surface area (Å²) in [7, 11) is 0. The fraction of sp³-hybridized carbons (Fsp3) is 0.412. The van der Waals surface area contributed by atoms with Gasteiger partial charge < -0.3 is 29.6 Å². The van der Waals surface area contributed by atoms with E-state index in [1.165, 1.54) is 0 Å². The molecule has 0 radical (unpaired) electrons. The zero-order valence-corrected chi connectivity index (χ0v) is 14.0. The van der Waals surface area contributed by atoms with Crippen molar-refractivity contribution in [1.29, 1.82) is 0 Å².